The molecule has 0 saturated heterocycles. The molecule has 0 radical (unpaired) electrons. The summed E-state index contributed by atoms with van der Waals surface area (Å²) in [5.74, 6) is 0. The predicted octanol–water partition coefficient (Wildman–Crippen LogP) is 6.46. The maximum absolute atomic E-state index is 13.8. The number of halogens is 1. The Hall–Kier alpha value is -3.40. The Bertz CT molecular complexity index is 1590. The lowest BCUT2D eigenvalue weighted by Crippen LogP contribution is -2.36. The van der Waals surface area contributed by atoms with Gasteiger partial charge in [0.15, 0.2) is 5.65 Å². The molecule has 0 aliphatic heterocycles. The number of likely N-dealkylation sites (N-methyl/N-ethyl adjacent to an activating group) is 1. The molecule has 2 aromatic carbocycles. The van der Waals surface area contributed by atoms with Crippen LogP contribution in [0.25, 0.3) is 22.3 Å². The van der Waals surface area contributed by atoms with Gasteiger partial charge in [0.05, 0.1) is 28.3 Å². The Kier molecular flexibility index (Phi) is 8.07. The Morgan fingerprint density at radius 3 is 2.31 bits per heavy atom. The number of aryl methyl sites for hydroxylation is 1. The SMILES string of the molecule is COC(CN(C)C(=O)OC(C)(C)C)c1ccc(-c2cc3c(Cl)ccnc3n2S(=O)(=O)c2ccc(C)cc2)cc1. The zero-order chi connectivity index (χ0) is 28.5. The van der Waals surface area contributed by atoms with E-state index in [1.807, 2.05) is 52.0 Å². The second kappa shape index (κ2) is 11.0. The molecule has 206 valence electrons. The number of pyridine rings is 1. The van der Waals surface area contributed by atoms with Crippen LogP contribution < -0.4 is 0 Å². The molecule has 0 aliphatic carbocycles. The number of methoxy groups -OCH3 is 1. The summed E-state index contributed by atoms with van der Waals surface area (Å²) < 4.78 is 40.0. The van der Waals surface area contributed by atoms with E-state index in [1.165, 1.54) is 15.1 Å². The molecule has 1 atom stereocenters. The number of fused-ring (bicyclic) bond motifs is 1. The molecule has 2 aromatic heterocycles. The van der Waals surface area contributed by atoms with Crippen molar-refractivity contribution in [3.05, 3.63) is 83.0 Å². The third kappa shape index (κ3) is 6.11. The fraction of sp³-hybridized carbons (Fsp3) is 0.310. The Balaban J connectivity index is 1.72. The van der Waals surface area contributed by atoms with Crippen molar-refractivity contribution in [1.82, 2.24) is 13.9 Å². The molecule has 4 rings (SSSR count). The highest BCUT2D eigenvalue weighted by atomic mass is 35.5. The van der Waals surface area contributed by atoms with Crippen LogP contribution in [0.3, 0.4) is 0 Å². The molecule has 0 saturated carbocycles. The van der Waals surface area contributed by atoms with Crippen LogP contribution in [0.5, 0.6) is 0 Å². The van der Waals surface area contributed by atoms with Crippen LogP contribution in [0.15, 0.2) is 71.8 Å². The van der Waals surface area contributed by atoms with Crippen LogP contribution in [0, 0.1) is 6.92 Å². The molecule has 0 aliphatic rings. The summed E-state index contributed by atoms with van der Waals surface area (Å²) in [5, 5.41) is 0.933. The van der Waals surface area contributed by atoms with Gasteiger partial charge in [-0.05, 0) is 63.1 Å². The minimum Gasteiger partial charge on any atom is -0.444 e. The standard InChI is InChI=1S/C29H32ClN3O5S/c1-19-7-13-22(14-8-19)39(35,36)33-25(17-23-24(30)15-16-31-27(23)33)20-9-11-21(12-10-20)26(37-6)18-32(5)28(34)38-29(2,3)4/h7-17,26H,18H2,1-6H3. The first-order valence-electron chi connectivity index (χ1n) is 12.4. The number of aromatic nitrogens is 2. The molecule has 0 N–H and O–H groups in total. The number of nitrogens with zero attached hydrogens (tertiary/aromatic N) is 3. The fourth-order valence-electron chi connectivity index (χ4n) is 4.15. The maximum atomic E-state index is 13.8. The number of hydrogen-bond donors (Lipinski definition) is 0. The Morgan fingerprint density at radius 2 is 1.72 bits per heavy atom. The van der Waals surface area contributed by atoms with Crippen LogP contribution >= 0.6 is 11.6 Å². The van der Waals surface area contributed by atoms with E-state index < -0.39 is 27.8 Å². The van der Waals surface area contributed by atoms with Crippen LogP contribution in [0.1, 0.15) is 38.0 Å². The van der Waals surface area contributed by atoms with Gasteiger partial charge in [-0.1, -0.05) is 53.6 Å². The lowest BCUT2D eigenvalue weighted by molar-refractivity contribution is 0.0141. The summed E-state index contributed by atoms with van der Waals surface area (Å²) in [6.07, 6.45) is 0.620. The molecule has 0 bridgehead atoms. The van der Waals surface area contributed by atoms with E-state index in [2.05, 4.69) is 4.98 Å². The molecule has 1 unspecified atom stereocenters. The van der Waals surface area contributed by atoms with Gasteiger partial charge in [0.25, 0.3) is 10.0 Å². The average molecular weight is 570 g/mol. The van der Waals surface area contributed by atoms with Gasteiger partial charge >= 0.3 is 6.09 Å². The van der Waals surface area contributed by atoms with Gasteiger partial charge in [-0.25, -0.2) is 22.2 Å². The van der Waals surface area contributed by atoms with Gasteiger partial charge in [0.1, 0.15) is 5.60 Å². The van der Waals surface area contributed by atoms with Crippen molar-refractivity contribution in [2.24, 2.45) is 0 Å². The highest BCUT2D eigenvalue weighted by Gasteiger charge is 2.26. The first kappa shape index (κ1) is 28.6. The van der Waals surface area contributed by atoms with E-state index in [1.54, 1.807) is 50.6 Å². The normalized spacial score (nSPS) is 12.9. The largest absolute Gasteiger partial charge is 0.444 e. The monoisotopic (exact) mass is 569 g/mol. The van der Waals surface area contributed by atoms with Crippen LogP contribution in [-0.2, 0) is 19.5 Å². The maximum Gasteiger partial charge on any atom is 0.410 e. The van der Waals surface area contributed by atoms with Crippen molar-refractivity contribution >= 4 is 38.8 Å². The topological polar surface area (TPSA) is 90.7 Å². The number of benzene rings is 2. The molecule has 2 heterocycles. The summed E-state index contributed by atoms with van der Waals surface area (Å²) in [6, 6.07) is 17.4. The fourth-order valence-corrected chi connectivity index (χ4v) is 5.83. The minimum absolute atomic E-state index is 0.148. The van der Waals surface area contributed by atoms with Crippen molar-refractivity contribution in [2.75, 3.05) is 20.7 Å². The molecule has 39 heavy (non-hydrogen) atoms. The van der Waals surface area contributed by atoms with E-state index >= 15 is 0 Å². The minimum atomic E-state index is -3.99. The smallest absolute Gasteiger partial charge is 0.410 e. The highest BCUT2D eigenvalue weighted by molar-refractivity contribution is 7.90. The van der Waals surface area contributed by atoms with E-state index in [9.17, 15) is 13.2 Å². The molecular formula is C29H32ClN3O5S. The third-order valence-electron chi connectivity index (χ3n) is 6.17. The Morgan fingerprint density at radius 1 is 1.08 bits per heavy atom. The van der Waals surface area contributed by atoms with Gasteiger partial charge in [-0.2, -0.15) is 0 Å². The zero-order valence-corrected chi connectivity index (χ0v) is 24.4. The number of amides is 1. The molecule has 8 nitrogen and oxygen atoms in total. The number of rotatable bonds is 7. The predicted molar refractivity (Wildman–Crippen MR) is 153 cm³/mol. The van der Waals surface area contributed by atoms with Gasteiger partial charge in [0, 0.05) is 25.7 Å². The van der Waals surface area contributed by atoms with Crippen LogP contribution in [-0.4, -0.2) is 54.7 Å². The van der Waals surface area contributed by atoms with Crippen molar-refractivity contribution in [1.29, 1.82) is 0 Å². The summed E-state index contributed by atoms with van der Waals surface area (Å²) in [4.78, 5) is 18.4. The summed E-state index contributed by atoms with van der Waals surface area (Å²) in [6.45, 7) is 7.60. The first-order chi connectivity index (χ1) is 18.3. The van der Waals surface area contributed by atoms with Crippen molar-refractivity contribution in [2.45, 2.75) is 44.3 Å². The van der Waals surface area contributed by atoms with Crippen LogP contribution in [0.2, 0.25) is 5.02 Å². The summed E-state index contributed by atoms with van der Waals surface area (Å²) >= 11 is 6.44. The highest BCUT2D eigenvalue weighted by Crippen LogP contribution is 2.35. The second-order valence-corrected chi connectivity index (χ2v) is 12.5. The molecule has 0 fully saturated rings. The lowest BCUT2D eigenvalue weighted by Gasteiger charge is -2.27. The van der Waals surface area contributed by atoms with E-state index in [-0.39, 0.29) is 17.1 Å². The quantitative estimate of drug-likeness (QED) is 0.254. The number of ether oxygens (including phenoxy) is 2. The molecule has 4 aromatic rings. The number of hydrogen-bond acceptors (Lipinski definition) is 6. The molecule has 1 amide bonds. The first-order valence-corrected chi connectivity index (χ1v) is 14.2. The third-order valence-corrected chi connectivity index (χ3v) is 8.22. The number of carbonyl (C=O) groups is 1. The van der Waals surface area contributed by atoms with Gasteiger partial charge in [-0.15, -0.1) is 0 Å². The Labute approximate surface area is 234 Å². The van der Waals surface area contributed by atoms with Crippen molar-refractivity contribution < 1.29 is 22.7 Å². The summed E-state index contributed by atoms with van der Waals surface area (Å²) in [7, 11) is -0.770. The van der Waals surface area contributed by atoms with Gasteiger partial charge < -0.3 is 14.4 Å². The molecule has 0 spiro atoms. The van der Waals surface area contributed by atoms with E-state index in [0.717, 1.165) is 11.1 Å². The van der Waals surface area contributed by atoms with Crippen molar-refractivity contribution in [3.63, 3.8) is 0 Å². The molecular weight excluding hydrogens is 538 g/mol. The average Bonchev–Trinajstić information content (AvgIpc) is 3.28. The van der Waals surface area contributed by atoms with Crippen molar-refractivity contribution in [3.8, 4) is 11.3 Å². The van der Waals surface area contributed by atoms with E-state index in [0.29, 0.717) is 21.7 Å². The zero-order valence-electron chi connectivity index (χ0n) is 22.8. The van der Waals surface area contributed by atoms with Gasteiger partial charge in [0.2, 0.25) is 0 Å². The summed E-state index contributed by atoms with van der Waals surface area (Å²) in [5.41, 5.74) is 2.49. The van der Waals surface area contributed by atoms with Crippen LogP contribution in [0.4, 0.5) is 4.79 Å². The second-order valence-electron chi connectivity index (χ2n) is 10.3. The van der Waals surface area contributed by atoms with E-state index in [4.69, 9.17) is 21.1 Å². The van der Waals surface area contributed by atoms with Gasteiger partial charge in [-0.3, -0.25) is 0 Å². The number of carbonyl (C=O) groups excluding carboxylic acids is 1. The molecule has 10 heteroatoms. The lowest BCUT2D eigenvalue weighted by atomic mass is 10.0.